The van der Waals surface area contributed by atoms with Gasteiger partial charge in [-0.05, 0) is 43.3 Å². The van der Waals surface area contributed by atoms with Gasteiger partial charge in [0.05, 0.1) is 25.9 Å². The Labute approximate surface area is 202 Å². The predicted molar refractivity (Wildman–Crippen MR) is 136 cm³/mol. The Hall–Kier alpha value is -3.55. The number of fused-ring (bicyclic) bond motifs is 3. The number of para-hydroxylation sites is 1. The fraction of sp³-hybridized carbons (Fsp3) is 0.231. The summed E-state index contributed by atoms with van der Waals surface area (Å²) in [6, 6.07) is 16.7. The van der Waals surface area contributed by atoms with E-state index in [9.17, 15) is 9.59 Å². The molecule has 0 spiro atoms. The van der Waals surface area contributed by atoms with Crippen molar-refractivity contribution in [3.05, 3.63) is 65.2 Å². The maximum atomic E-state index is 12.8. The van der Waals surface area contributed by atoms with Crippen molar-refractivity contribution in [1.82, 2.24) is 4.90 Å². The lowest BCUT2D eigenvalue weighted by Crippen LogP contribution is -2.38. The zero-order valence-electron chi connectivity index (χ0n) is 19.3. The van der Waals surface area contributed by atoms with Crippen molar-refractivity contribution in [3.63, 3.8) is 0 Å². The van der Waals surface area contributed by atoms with Crippen LogP contribution in [0.15, 0.2) is 59.0 Å². The second-order valence-corrected chi connectivity index (χ2v) is 8.44. The first kappa shape index (κ1) is 23.6. The van der Waals surface area contributed by atoms with Crippen LogP contribution in [0.5, 0.6) is 5.75 Å². The topological polar surface area (TPSA) is 83.8 Å². The minimum Gasteiger partial charge on any atom is -0.495 e. The molecule has 7 nitrogen and oxygen atoms in total. The number of hydrogen-bond acceptors (Lipinski definition) is 5. The van der Waals surface area contributed by atoms with Crippen molar-refractivity contribution in [2.24, 2.45) is 0 Å². The molecule has 8 heteroatoms. The van der Waals surface area contributed by atoms with Crippen LogP contribution in [-0.4, -0.2) is 43.5 Å². The Morgan fingerprint density at radius 3 is 2.35 bits per heavy atom. The normalized spacial score (nSPS) is 11.2. The molecule has 2 amide bonds. The van der Waals surface area contributed by atoms with Crippen LogP contribution >= 0.6 is 11.6 Å². The van der Waals surface area contributed by atoms with Crippen molar-refractivity contribution in [3.8, 4) is 5.75 Å². The fourth-order valence-electron chi connectivity index (χ4n) is 3.81. The van der Waals surface area contributed by atoms with Gasteiger partial charge in [-0.1, -0.05) is 42.8 Å². The van der Waals surface area contributed by atoms with Crippen LogP contribution in [0.4, 0.5) is 11.4 Å². The zero-order chi connectivity index (χ0) is 24.2. The number of nitrogens with one attached hydrogen (secondary N) is 2. The van der Waals surface area contributed by atoms with Gasteiger partial charge in [0.25, 0.3) is 0 Å². The molecule has 1 heterocycles. The molecule has 1 aromatic heterocycles. The van der Waals surface area contributed by atoms with E-state index in [-0.39, 0.29) is 24.9 Å². The number of methoxy groups -OCH3 is 1. The maximum Gasteiger partial charge on any atom is 0.238 e. The summed E-state index contributed by atoms with van der Waals surface area (Å²) < 4.78 is 11.4. The van der Waals surface area contributed by atoms with Gasteiger partial charge in [-0.3, -0.25) is 14.5 Å². The molecular weight excluding hydrogens is 454 g/mol. The molecule has 0 atom stereocenters. The molecule has 0 saturated carbocycles. The Kier molecular flexibility index (Phi) is 7.05. The molecule has 4 rings (SSSR count). The van der Waals surface area contributed by atoms with Crippen molar-refractivity contribution >= 4 is 56.7 Å². The third-order valence-corrected chi connectivity index (χ3v) is 5.86. The first-order valence-electron chi connectivity index (χ1n) is 11.0. The summed E-state index contributed by atoms with van der Waals surface area (Å²) in [5, 5.41) is 8.18. The summed E-state index contributed by atoms with van der Waals surface area (Å²) in [5.41, 5.74) is 3.49. The van der Waals surface area contributed by atoms with E-state index in [4.69, 9.17) is 20.8 Å². The molecule has 34 heavy (non-hydrogen) atoms. The highest BCUT2D eigenvalue weighted by atomic mass is 35.5. The molecule has 0 aliphatic rings. The summed E-state index contributed by atoms with van der Waals surface area (Å²) in [7, 11) is 1.56. The van der Waals surface area contributed by atoms with E-state index in [1.165, 1.54) is 0 Å². The third kappa shape index (κ3) is 5.16. The number of halogens is 1. The number of benzene rings is 3. The molecule has 4 aromatic rings. The van der Waals surface area contributed by atoms with E-state index in [1.54, 1.807) is 30.2 Å². The first-order chi connectivity index (χ1) is 16.4. The Morgan fingerprint density at radius 2 is 1.65 bits per heavy atom. The molecule has 2 N–H and O–H groups in total. The number of furan rings is 1. The monoisotopic (exact) mass is 479 g/mol. The smallest absolute Gasteiger partial charge is 0.238 e. The Morgan fingerprint density at radius 1 is 0.941 bits per heavy atom. The van der Waals surface area contributed by atoms with Crippen LogP contribution in [-0.2, 0) is 9.59 Å². The van der Waals surface area contributed by atoms with Gasteiger partial charge in [0.2, 0.25) is 11.8 Å². The average Bonchev–Trinajstić information content (AvgIpc) is 3.17. The summed E-state index contributed by atoms with van der Waals surface area (Å²) >= 11 is 6.03. The van der Waals surface area contributed by atoms with Gasteiger partial charge < -0.3 is 19.8 Å². The van der Waals surface area contributed by atoms with Gasteiger partial charge in [0, 0.05) is 27.5 Å². The lowest BCUT2D eigenvalue weighted by molar-refractivity contribution is -0.119. The van der Waals surface area contributed by atoms with Crippen LogP contribution in [0, 0.1) is 6.92 Å². The summed E-state index contributed by atoms with van der Waals surface area (Å²) in [4.78, 5) is 27.1. The van der Waals surface area contributed by atoms with Crippen LogP contribution in [0.1, 0.15) is 12.5 Å². The largest absolute Gasteiger partial charge is 0.495 e. The van der Waals surface area contributed by atoms with E-state index in [0.717, 1.165) is 21.9 Å². The molecule has 0 unspecified atom stereocenters. The Bertz CT molecular complexity index is 1370. The second-order valence-electron chi connectivity index (χ2n) is 8.01. The quantitative estimate of drug-likeness (QED) is 0.351. The minimum atomic E-state index is -0.262. The average molecular weight is 480 g/mol. The van der Waals surface area contributed by atoms with Crippen molar-refractivity contribution < 1.29 is 18.7 Å². The molecule has 0 bridgehead atoms. The van der Waals surface area contributed by atoms with E-state index in [1.807, 2.05) is 50.2 Å². The molecule has 176 valence electrons. The number of anilines is 2. The van der Waals surface area contributed by atoms with E-state index >= 15 is 0 Å². The lowest BCUT2D eigenvalue weighted by atomic mass is 10.1. The van der Waals surface area contributed by atoms with Gasteiger partial charge in [-0.2, -0.15) is 0 Å². The second kappa shape index (κ2) is 10.2. The van der Waals surface area contributed by atoms with Gasteiger partial charge in [-0.25, -0.2) is 0 Å². The number of amides is 2. The van der Waals surface area contributed by atoms with Crippen molar-refractivity contribution in [2.45, 2.75) is 13.8 Å². The molecule has 0 aliphatic heterocycles. The molecule has 0 aliphatic carbocycles. The number of carbonyl (C=O) groups excluding carboxylic acids is 2. The van der Waals surface area contributed by atoms with Crippen LogP contribution < -0.4 is 15.4 Å². The first-order valence-corrected chi connectivity index (χ1v) is 11.3. The van der Waals surface area contributed by atoms with Crippen molar-refractivity contribution in [2.75, 3.05) is 37.4 Å². The number of aryl methyl sites for hydroxylation is 1. The highest BCUT2D eigenvalue weighted by molar-refractivity contribution is 6.31. The van der Waals surface area contributed by atoms with Gasteiger partial charge >= 0.3 is 0 Å². The highest BCUT2D eigenvalue weighted by Crippen LogP contribution is 2.36. The SMILES string of the molecule is CCN(CC(=O)Nc1cc(Cl)ccc1C)CC(=O)Nc1cc2oc3ccccc3c2cc1OC. The third-order valence-electron chi connectivity index (χ3n) is 5.63. The van der Waals surface area contributed by atoms with Crippen LogP contribution in [0.25, 0.3) is 21.9 Å². The Balaban J connectivity index is 1.44. The molecule has 0 saturated heterocycles. The zero-order valence-corrected chi connectivity index (χ0v) is 20.0. The van der Waals surface area contributed by atoms with Crippen LogP contribution in [0.3, 0.4) is 0 Å². The molecule has 0 radical (unpaired) electrons. The number of rotatable bonds is 8. The number of ether oxygens (including phenoxy) is 1. The standard InChI is InChI=1S/C26H26ClN3O4/c1-4-30(14-25(31)28-20-11-17(27)10-9-16(20)2)15-26(32)29-21-13-23-19(12-24(21)33-3)18-7-5-6-8-22(18)34-23/h5-13H,4,14-15H2,1-3H3,(H,28,31)(H,29,32). The maximum absolute atomic E-state index is 12.8. The van der Waals surface area contributed by atoms with Crippen LogP contribution in [0.2, 0.25) is 5.02 Å². The number of likely N-dealkylation sites (N-methyl/N-ethyl adjacent to an activating group) is 1. The molecule has 0 fully saturated rings. The van der Waals surface area contributed by atoms with E-state index in [0.29, 0.717) is 34.3 Å². The fourth-order valence-corrected chi connectivity index (χ4v) is 3.98. The van der Waals surface area contributed by atoms with Gasteiger partial charge in [-0.15, -0.1) is 0 Å². The number of nitrogens with zero attached hydrogens (tertiary/aromatic N) is 1. The summed E-state index contributed by atoms with van der Waals surface area (Å²) in [5.74, 6) is 0.0493. The van der Waals surface area contributed by atoms with Gasteiger partial charge in [0.15, 0.2) is 0 Å². The number of carbonyl (C=O) groups is 2. The highest BCUT2D eigenvalue weighted by Gasteiger charge is 2.17. The minimum absolute atomic E-state index is 0.0414. The van der Waals surface area contributed by atoms with E-state index in [2.05, 4.69) is 10.6 Å². The summed E-state index contributed by atoms with van der Waals surface area (Å²) in [6.45, 7) is 4.42. The molecular formula is C26H26ClN3O4. The predicted octanol–water partition coefficient (Wildman–Crippen LogP) is 5.46. The number of hydrogen-bond donors (Lipinski definition) is 2. The molecule has 3 aromatic carbocycles. The van der Waals surface area contributed by atoms with Crippen molar-refractivity contribution in [1.29, 1.82) is 0 Å². The summed E-state index contributed by atoms with van der Waals surface area (Å²) in [6.07, 6.45) is 0. The van der Waals surface area contributed by atoms with E-state index < -0.39 is 0 Å². The van der Waals surface area contributed by atoms with Gasteiger partial charge in [0.1, 0.15) is 16.9 Å². The lowest BCUT2D eigenvalue weighted by Gasteiger charge is -2.20.